The molecule has 0 bridgehead atoms. The zero-order valence-electron chi connectivity index (χ0n) is 10.0. The van der Waals surface area contributed by atoms with Gasteiger partial charge in [-0.15, -0.1) is 0 Å². The van der Waals surface area contributed by atoms with E-state index in [9.17, 15) is 4.79 Å². The highest BCUT2D eigenvalue weighted by molar-refractivity contribution is 5.90. The van der Waals surface area contributed by atoms with E-state index in [4.69, 9.17) is 9.84 Å². The first-order valence-electron chi connectivity index (χ1n) is 5.48. The molecule has 0 spiro atoms. The van der Waals surface area contributed by atoms with Crippen molar-refractivity contribution in [2.24, 2.45) is 0 Å². The van der Waals surface area contributed by atoms with E-state index in [0.717, 1.165) is 12.8 Å². The molecule has 1 unspecified atom stereocenters. The van der Waals surface area contributed by atoms with Gasteiger partial charge in [-0.05, 0) is 6.42 Å². The maximum atomic E-state index is 10.9. The fraction of sp³-hybridized carbons (Fsp3) is 0.545. The third kappa shape index (κ3) is 3.99. The van der Waals surface area contributed by atoms with Crippen molar-refractivity contribution in [2.45, 2.75) is 25.8 Å². The number of carboxylic acids is 1. The number of nitrogens with zero attached hydrogens (tertiary/aromatic N) is 2. The lowest BCUT2D eigenvalue weighted by Gasteiger charge is -2.18. The third-order valence-electron chi connectivity index (χ3n) is 2.25. The molecule has 1 aromatic rings. The summed E-state index contributed by atoms with van der Waals surface area (Å²) in [5.41, 5.74) is -0.0651. The molecular weight excluding hydrogens is 222 g/mol. The van der Waals surface area contributed by atoms with Gasteiger partial charge in [-0.2, -0.15) is 0 Å². The molecular formula is C11H17N3O3. The van der Waals surface area contributed by atoms with Gasteiger partial charge in [-0.1, -0.05) is 13.3 Å². The van der Waals surface area contributed by atoms with Crippen molar-refractivity contribution in [3.05, 3.63) is 18.1 Å². The lowest BCUT2D eigenvalue weighted by atomic mass is 10.2. The van der Waals surface area contributed by atoms with Gasteiger partial charge in [-0.25, -0.2) is 14.8 Å². The van der Waals surface area contributed by atoms with Crippen LogP contribution in [0.4, 0.5) is 5.82 Å². The Morgan fingerprint density at radius 3 is 2.82 bits per heavy atom. The van der Waals surface area contributed by atoms with Crippen LogP contribution >= 0.6 is 0 Å². The van der Waals surface area contributed by atoms with Gasteiger partial charge in [0.2, 0.25) is 0 Å². The molecule has 1 atom stereocenters. The van der Waals surface area contributed by atoms with Crippen molar-refractivity contribution in [3.63, 3.8) is 0 Å². The molecule has 1 rings (SSSR count). The van der Waals surface area contributed by atoms with Gasteiger partial charge in [0.1, 0.15) is 0 Å². The summed E-state index contributed by atoms with van der Waals surface area (Å²) in [7, 11) is 1.61. The van der Waals surface area contributed by atoms with Crippen LogP contribution in [0.5, 0.6) is 0 Å². The summed E-state index contributed by atoms with van der Waals surface area (Å²) in [5, 5.41) is 12.0. The number of hydrogen-bond acceptors (Lipinski definition) is 5. The smallest absolute Gasteiger partial charge is 0.358 e. The highest BCUT2D eigenvalue weighted by atomic mass is 16.5. The standard InChI is InChI=1S/C11H17N3O3/c1-3-4-8(7-17-2)14-10-9(11(15)16)12-5-6-13-10/h5-6,8H,3-4,7H2,1-2H3,(H,13,14)(H,15,16). The second-order valence-corrected chi connectivity index (χ2v) is 3.64. The molecule has 17 heavy (non-hydrogen) atoms. The summed E-state index contributed by atoms with van der Waals surface area (Å²) in [6, 6.07) is 0.0415. The normalized spacial score (nSPS) is 12.1. The van der Waals surface area contributed by atoms with Crippen LogP contribution in [0.15, 0.2) is 12.4 Å². The molecule has 0 aromatic carbocycles. The molecule has 6 heteroatoms. The quantitative estimate of drug-likeness (QED) is 0.748. The number of nitrogens with one attached hydrogen (secondary N) is 1. The average molecular weight is 239 g/mol. The van der Waals surface area contributed by atoms with Crippen molar-refractivity contribution >= 4 is 11.8 Å². The van der Waals surface area contributed by atoms with Gasteiger partial charge >= 0.3 is 5.97 Å². The molecule has 0 amide bonds. The summed E-state index contributed by atoms with van der Waals surface area (Å²) < 4.78 is 5.07. The largest absolute Gasteiger partial charge is 0.476 e. The Bertz CT molecular complexity index is 365. The molecule has 0 aliphatic heterocycles. The van der Waals surface area contributed by atoms with Gasteiger partial charge in [0, 0.05) is 19.5 Å². The van der Waals surface area contributed by atoms with Crippen LogP contribution in [-0.2, 0) is 4.74 Å². The van der Waals surface area contributed by atoms with Crippen molar-refractivity contribution in [1.82, 2.24) is 9.97 Å². The van der Waals surface area contributed by atoms with Gasteiger partial charge in [0.15, 0.2) is 11.5 Å². The van der Waals surface area contributed by atoms with Gasteiger partial charge in [-0.3, -0.25) is 0 Å². The minimum Gasteiger partial charge on any atom is -0.476 e. The molecule has 0 radical (unpaired) electrons. The third-order valence-corrected chi connectivity index (χ3v) is 2.25. The van der Waals surface area contributed by atoms with Crippen LogP contribution in [0.2, 0.25) is 0 Å². The van der Waals surface area contributed by atoms with Gasteiger partial charge in [0.25, 0.3) is 0 Å². The fourth-order valence-corrected chi connectivity index (χ4v) is 1.54. The molecule has 0 saturated heterocycles. The number of methoxy groups -OCH3 is 1. The number of carbonyl (C=O) groups is 1. The Balaban J connectivity index is 2.80. The minimum absolute atomic E-state index is 0.0415. The lowest BCUT2D eigenvalue weighted by Crippen LogP contribution is -2.26. The molecule has 0 saturated carbocycles. The Labute approximate surface area is 100 Å². The molecule has 6 nitrogen and oxygen atoms in total. The first-order chi connectivity index (χ1) is 8.19. The zero-order valence-corrected chi connectivity index (χ0v) is 10.0. The predicted octanol–water partition coefficient (Wildman–Crippen LogP) is 1.40. The maximum absolute atomic E-state index is 10.9. The summed E-state index contributed by atoms with van der Waals surface area (Å²) in [4.78, 5) is 18.7. The van der Waals surface area contributed by atoms with E-state index in [0.29, 0.717) is 6.61 Å². The molecule has 2 N–H and O–H groups in total. The van der Waals surface area contributed by atoms with E-state index in [1.165, 1.54) is 12.4 Å². The van der Waals surface area contributed by atoms with Crippen LogP contribution in [0.25, 0.3) is 0 Å². The van der Waals surface area contributed by atoms with Crippen molar-refractivity contribution in [3.8, 4) is 0 Å². The van der Waals surface area contributed by atoms with E-state index in [2.05, 4.69) is 22.2 Å². The molecule has 94 valence electrons. The van der Waals surface area contributed by atoms with Crippen molar-refractivity contribution in [1.29, 1.82) is 0 Å². The van der Waals surface area contributed by atoms with Crippen molar-refractivity contribution < 1.29 is 14.6 Å². The Kier molecular flexibility index (Phi) is 5.35. The van der Waals surface area contributed by atoms with E-state index < -0.39 is 5.97 Å². The van der Waals surface area contributed by atoms with Crippen LogP contribution < -0.4 is 5.32 Å². The van der Waals surface area contributed by atoms with E-state index in [1.807, 2.05) is 0 Å². The molecule has 1 aromatic heterocycles. The molecule has 1 heterocycles. The predicted molar refractivity (Wildman–Crippen MR) is 63.2 cm³/mol. The van der Waals surface area contributed by atoms with Crippen LogP contribution in [-0.4, -0.2) is 40.8 Å². The fourth-order valence-electron chi connectivity index (χ4n) is 1.54. The first-order valence-corrected chi connectivity index (χ1v) is 5.48. The first kappa shape index (κ1) is 13.4. The molecule has 0 aliphatic rings. The Morgan fingerprint density at radius 2 is 2.24 bits per heavy atom. The highest BCUT2D eigenvalue weighted by Crippen LogP contribution is 2.12. The summed E-state index contributed by atoms with van der Waals surface area (Å²) in [6.45, 7) is 2.56. The second-order valence-electron chi connectivity index (χ2n) is 3.64. The minimum atomic E-state index is -1.09. The number of anilines is 1. The number of aromatic carboxylic acids is 1. The number of hydrogen-bond donors (Lipinski definition) is 2. The van der Waals surface area contributed by atoms with Gasteiger partial charge in [0.05, 0.1) is 12.6 Å². The van der Waals surface area contributed by atoms with Crippen LogP contribution in [0.3, 0.4) is 0 Å². The van der Waals surface area contributed by atoms with E-state index in [-0.39, 0.29) is 17.6 Å². The topological polar surface area (TPSA) is 84.3 Å². The van der Waals surface area contributed by atoms with Gasteiger partial charge < -0.3 is 15.2 Å². The number of rotatable bonds is 7. The Morgan fingerprint density at radius 1 is 1.53 bits per heavy atom. The highest BCUT2D eigenvalue weighted by Gasteiger charge is 2.16. The summed E-state index contributed by atoms with van der Waals surface area (Å²) in [6.07, 6.45) is 4.68. The summed E-state index contributed by atoms with van der Waals surface area (Å²) in [5.74, 6) is -0.802. The maximum Gasteiger partial charge on any atom is 0.358 e. The van der Waals surface area contributed by atoms with E-state index >= 15 is 0 Å². The Hall–Kier alpha value is -1.69. The van der Waals surface area contributed by atoms with Crippen LogP contribution in [0.1, 0.15) is 30.3 Å². The SMILES string of the molecule is CCCC(COC)Nc1nccnc1C(=O)O. The summed E-state index contributed by atoms with van der Waals surface area (Å²) >= 11 is 0. The number of carboxylic acid groups (broad SMARTS) is 1. The second kappa shape index (κ2) is 6.80. The average Bonchev–Trinajstić information content (AvgIpc) is 2.30. The van der Waals surface area contributed by atoms with Crippen LogP contribution in [0, 0.1) is 0 Å². The molecule has 0 aliphatic carbocycles. The zero-order chi connectivity index (χ0) is 12.7. The monoisotopic (exact) mass is 239 g/mol. The number of aromatic nitrogens is 2. The van der Waals surface area contributed by atoms with E-state index in [1.54, 1.807) is 7.11 Å². The number of ether oxygens (including phenoxy) is 1. The lowest BCUT2D eigenvalue weighted by molar-refractivity contribution is 0.0691. The molecule has 0 fully saturated rings. The van der Waals surface area contributed by atoms with Crippen molar-refractivity contribution in [2.75, 3.05) is 19.0 Å².